The Morgan fingerprint density at radius 2 is 1.84 bits per heavy atom. The molecule has 0 aromatic rings. The predicted octanol–water partition coefficient (Wildman–Crippen LogP) is 7.27. The average molecular weight is 714 g/mol. The average Bonchev–Trinajstić information content (AvgIpc) is 3.25. The second-order valence-electron chi connectivity index (χ2n) is 16.9. The monoisotopic (exact) mass is 713 g/mol. The number of rotatable bonds is 13. The molecule has 3 saturated carbocycles. The minimum Gasteiger partial charge on any atom is -0.365 e. The van der Waals surface area contributed by atoms with Gasteiger partial charge in [-0.1, -0.05) is 88.1 Å². The Kier molecular flexibility index (Phi) is 11.3. The quantitative estimate of drug-likeness (QED) is 0.0401. The Bertz CT molecular complexity index is 1030. The van der Waals surface area contributed by atoms with Crippen molar-refractivity contribution in [3.8, 4) is 0 Å². The van der Waals surface area contributed by atoms with E-state index in [0.29, 0.717) is 28.7 Å². The zero-order valence-electron chi connectivity index (χ0n) is 28.5. The lowest BCUT2D eigenvalue weighted by molar-refractivity contribution is -0.869. The lowest BCUT2D eigenvalue weighted by atomic mass is 9.46. The number of aldehydes is 1. The summed E-state index contributed by atoms with van der Waals surface area (Å²) < 4.78 is 6.79. The third kappa shape index (κ3) is 7.90. The van der Waals surface area contributed by atoms with Crippen molar-refractivity contribution in [1.82, 2.24) is 5.32 Å². The first kappa shape index (κ1) is 35.3. The van der Waals surface area contributed by atoms with Crippen LogP contribution in [0.2, 0.25) is 0 Å². The van der Waals surface area contributed by atoms with E-state index in [4.69, 9.17) is 4.74 Å². The van der Waals surface area contributed by atoms with Crippen LogP contribution in [0.4, 0.5) is 0 Å². The van der Waals surface area contributed by atoms with E-state index in [1.54, 1.807) is 0 Å². The fraction of sp³-hybridized carbons (Fsp3) is 0.889. The highest BCUT2D eigenvalue weighted by Gasteiger charge is 2.60. The fourth-order valence-electron chi connectivity index (χ4n) is 10.1. The summed E-state index contributed by atoms with van der Waals surface area (Å²) in [6.45, 7) is 13.1. The largest absolute Gasteiger partial charge is 0.365 e. The van der Waals surface area contributed by atoms with Crippen LogP contribution in [0.25, 0.3) is 0 Å². The third-order valence-electron chi connectivity index (χ3n) is 12.3. The molecule has 4 aliphatic rings. The molecule has 4 aliphatic carbocycles. The molecule has 3 fully saturated rings. The fourth-order valence-corrected chi connectivity index (χ4v) is 11.6. The van der Waals surface area contributed by atoms with Crippen molar-refractivity contribution in [2.75, 3.05) is 27.7 Å². The minimum atomic E-state index is -1.42. The molecule has 6 unspecified atom stereocenters. The van der Waals surface area contributed by atoms with Crippen molar-refractivity contribution in [1.29, 1.82) is 0 Å². The van der Waals surface area contributed by atoms with Crippen LogP contribution in [0.15, 0.2) is 11.6 Å². The molecule has 7 heteroatoms. The summed E-state index contributed by atoms with van der Waals surface area (Å²) in [5.41, 5.74) is 1.84. The molecule has 6 nitrogen and oxygen atoms in total. The highest BCUT2D eigenvalue weighted by Crippen LogP contribution is 2.67. The first-order chi connectivity index (χ1) is 20.0. The van der Waals surface area contributed by atoms with Gasteiger partial charge in [-0.15, -0.1) is 0 Å². The van der Waals surface area contributed by atoms with Crippen LogP contribution in [-0.4, -0.2) is 65.4 Å². The van der Waals surface area contributed by atoms with Gasteiger partial charge in [0, 0.05) is 19.3 Å². The molecule has 0 heterocycles. The number of aliphatic hydroxyl groups is 1. The number of amides is 1. The van der Waals surface area contributed by atoms with E-state index >= 15 is 0 Å². The van der Waals surface area contributed by atoms with Gasteiger partial charge in [0.2, 0.25) is 0 Å². The molecule has 0 aromatic carbocycles. The van der Waals surface area contributed by atoms with Gasteiger partial charge in [-0.2, -0.15) is 0 Å². The van der Waals surface area contributed by atoms with E-state index in [1.165, 1.54) is 50.5 Å². The van der Waals surface area contributed by atoms with Gasteiger partial charge in [0.15, 0.2) is 5.79 Å². The van der Waals surface area contributed by atoms with Gasteiger partial charge in [0.05, 0.1) is 21.1 Å². The van der Waals surface area contributed by atoms with E-state index in [9.17, 15) is 14.7 Å². The van der Waals surface area contributed by atoms with Crippen molar-refractivity contribution in [2.24, 2.45) is 46.3 Å². The zero-order valence-corrected chi connectivity index (χ0v) is 30.6. The molecule has 0 radical (unpaired) electrons. The predicted molar refractivity (Wildman–Crippen MR) is 182 cm³/mol. The molecule has 0 saturated heterocycles. The number of halogens is 1. The van der Waals surface area contributed by atoms with Gasteiger partial charge >= 0.3 is 0 Å². The van der Waals surface area contributed by atoms with Crippen LogP contribution in [0.3, 0.4) is 0 Å². The molecule has 2 N–H and O–H groups in total. The van der Waals surface area contributed by atoms with Crippen LogP contribution in [0, 0.1) is 46.3 Å². The number of ether oxygens (including phenoxy) is 1. The number of nitrogens with one attached hydrogen (secondary N) is 1. The molecule has 0 bridgehead atoms. The number of allylic oxidation sites excluding steroid dienone is 1. The van der Waals surface area contributed by atoms with Crippen molar-refractivity contribution < 1.29 is 23.9 Å². The number of nitrogens with zero attached hydrogens (tertiary/aromatic N) is 1. The van der Waals surface area contributed by atoms with Crippen molar-refractivity contribution >= 4 is 34.8 Å². The van der Waals surface area contributed by atoms with Crippen molar-refractivity contribution in [3.05, 3.63) is 11.6 Å². The second-order valence-corrected chi connectivity index (χ2v) is 18.4. The molecule has 43 heavy (non-hydrogen) atoms. The van der Waals surface area contributed by atoms with Gasteiger partial charge in [-0.3, -0.25) is 4.79 Å². The smallest absolute Gasteiger partial charge is 0.250 e. The van der Waals surface area contributed by atoms with E-state index in [2.05, 4.69) is 89.7 Å². The summed E-state index contributed by atoms with van der Waals surface area (Å²) >= 11 is 2.22. The SMILES string of the molecule is CC(C)CCC[C@@H](C)[C@H]1CCC2C3CC=C4CC(O)(OC(CC=O)C(=O)NC(I)C[N+](C)(C)C)CC[C@]4(C)C3CC[C@@]21C. The molecule has 0 aliphatic heterocycles. The van der Waals surface area contributed by atoms with Crippen LogP contribution in [0.5, 0.6) is 0 Å². The maximum absolute atomic E-state index is 13.1. The Morgan fingerprint density at radius 3 is 2.49 bits per heavy atom. The molecule has 1 amide bonds. The summed E-state index contributed by atoms with van der Waals surface area (Å²) in [6, 6.07) is 0. The topological polar surface area (TPSA) is 75.6 Å². The van der Waals surface area contributed by atoms with E-state index in [1.807, 2.05) is 0 Å². The maximum Gasteiger partial charge on any atom is 0.250 e. The summed E-state index contributed by atoms with van der Waals surface area (Å²) in [5, 5.41) is 14.7. The number of quaternary nitrogens is 1. The van der Waals surface area contributed by atoms with Gasteiger partial charge in [-0.25, -0.2) is 0 Å². The molecule has 0 aromatic heterocycles. The van der Waals surface area contributed by atoms with Crippen LogP contribution in [0.1, 0.15) is 112 Å². The number of carbonyl (C=O) groups excluding carboxylic acids is 2. The van der Waals surface area contributed by atoms with Crippen LogP contribution >= 0.6 is 22.6 Å². The molecule has 10 atom stereocenters. The number of likely N-dealkylation sites (N-methyl/N-ethyl adjacent to an activating group) is 1. The minimum absolute atomic E-state index is 0.0553. The first-order valence-electron chi connectivity index (χ1n) is 17.3. The number of hydrogen-bond acceptors (Lipinski definition) is 4. The van der Waals surface area contributed by atoms with E-state index < -0.39 is 11.9 Å². The van der Waals surface area contributed by atoms with Gasteiger partial charge in [0.25, 0.3) is 5.91 Å². The van der Waals surface area contributed by atoms with E-state index in [-0.39, 0.29) is 21.8 Å². The molecule has 4 rings (SSSR count). The lowest BCUT2D eigenvalue weighted by Crippen LogP contribution is -2.54. The summed E-state index contributed by atoms with van der Waals surface area (Å²) in [6.07, 6.45) is 14.5. The molecule has 246 valence electrons. The highest BCUT2D eigenvalue weighted by molar-refractivity contribution is 14.1. The second kappa shape index (κ2) is 13.7. The Morgan fingerprint density at radius 1 is 1.12 bits per heavy atom. The standard InChI is InChI=1S/C36H61IN2O4/c1-24(2)10-9-11-25(3)28-14-15-29-27-13-12-26-22-36(42,20-19-34(26,4)30(27)16-18-35(28,29)5)43-31(17-21-40)33(41)38-32(37)23-39(6,7)8/h12,21,24-25,27-32,42H,9-11,13-20,22-23H2,1-8H3/p+1/t25-,27?,28-,29?,30?,31?,32?,34+,35-,36?/m1/s1. The summed E-state index contributed by atoms with van der Waals surface area (Å²) in [5.74, 6) is 2.88. The Labute approximate surface area is 276 Å². The highest BCUT2D eigenvalue weighted by atomic mass is 127. The van der Waals surface area contributed by atoms with Crippen molar-refractivity contribution in [3.63, 3.8) is 0 Å². The molecule has 0 spiro atoms. The molecular formula is C36H62IN2O4+. The Hall–Kier alpha value is -0.510. The van der Waals surface area contributed by atoms with Gasteiger partial charge in [0.1, 0.15) is 23.0 Å². The van der Waals surface area contributed by atoms with E-state index in [0.717, 1.165) is 55.3 Å². The third-order valence-corrected chi connectivity index (χ3v) is 13.0. The van der Waals surface area contributed by atoms with Crippen LogP contribution < -0.4 is 5.32 Å². The first-order valence-corrected chi connectivity index (χ1v) is 18.5. The lowest BCUT2D eigenvalue weighted by Gasteiger charge is -2.59. The zero-order chi connectivity index (χ0) is 31.8. The normalized spacial score (nSPS) is 37.9. The number of fused-ring (bicyclic) bond motifs is 5. The summed E-state index contributed by atoms with van der Waals surface area (Å²) in [4.78, 5) is 24.7. The Balaban J connectivity index is 1.43. The van der Waals surface area contributed by atoms with Gasteiger partial charge in [-0.05, 0) is 84.9 Å². The van der Waals surface area contributed by atoms with Crippen LogP contribution in [-0.2, 0) is 14.3 Å². The number of hydrogen-bond donors (Lipinski definition) is 2. The maximum atomic E-state index is 13.1. The molecular weight excluding hydrogens is 651 g/mol. The van der Waals surface area contributed by atoms with Crippen molar-refractivity contribution in [2.45, 2.75) is 128 Å². The number of alkyl halides is 1. The summed E-state index contributed by atoms with van der Waals surface area (Å²) in [7, 11) is 6.23. The van der Waals surface area contributed by atoms with Gasteiger partial charge < -0.3 is 24.4 Å². The number of carbonyl (C=O) groups is 2.